The number of aromatic nitrogens is 2. The molecule has 0 saturated heterocycles. The fourth-order valence-electron chi connectivity index (χ4n) is 2.19. The maximum absolute atomic E-state index is 9.49. The first-order valence-electron chi connectivity index (χ1n) is 5.51. The van der Waals surface area contributed by atoms with Crippen LogP contribution in [0.1, 0.15) is 32.1 Å². The van der Waals surface area contributed by atoms with Gasteiger partial charge in [0.1, 0.15) is 5.82 Å². The zero-order valence-electron chi connectivity index (χ0n) is 8.82. The van der Waals surface area contributed by atoms with Gasteiger partial charge in [0.2, 0.25) is 0 Å². The molecule has 1 heterocycles. The van der Waals surface area contributed by atoms with Gasteiger partial charge >= 0.3 is 0 Å². The fourth-order valence-corrected chi connectivity index (χ4v) is 2.19. The lowest BCUT2D eigenvalue weighted by Gasteiger charge is -2.36. The molecule has 0 bridgehead atoms. The standard InChI is InChI=1S/C11H17N3O/c15-9-11(6-2-1-3-7-11)13-10-5-4-8-12-14-10/h4-5,8,15H,1-3,6-7,9H2,(H,13,14). The Labute approximate surface area is 89.7 Å². The molecule has 4 heteroatoms. The lowest BCUT2D eigenvalue weighted by atomic mass is 9.82. The summed E-state index contributed by atoms with van der Waals surface area (Å²) in [6, 6.07) is 3.74. The third-order valence-electron chi connectivity index (χ3n) is 3.08. The highest BCUT2D eigenvalue weighted by Crippen LogP contribution is 2.30. The Balaban J connectivity index is 2.07. The van der Waals surface area contributed by atoms with Crippen molar-refractivity contribution in [1.82, 2.24) is 10.2 Å². The van der Waals surface area contributed by atoms with Crippen molar-refractivity contribution in [3.8, 4) is 0 Å². The lowest BCUT2D eigenvalue weighted by Crippen LogP contribution is -2.44. The molecule has 0 atom stereocenters. The van der Waals surface area contributed by atoms with Gasteiger partial charge < -0.3 is 10.4 Å². The molecule has 0 aliphatic heterocycles. The predicted octanol–water partition coefficient (Wildman–Crippen LogP) is 1.58. The molecule has 0 spiro atoms. The van der Waals surface area contributed by atoms with Crippen molar-refractivity contribution in [2.75, 3.05) is 11.9 Å². The molecule has 1 fully saturated rings. The van der Waals surface area contributed by atoms with E-state index < -0.39 is 0 Å². The summed E-state index contributed by atoms with van der Waals surface area (Å²) < 4.78 is 0. The fraction of sp³-hybridized carbons (Fsp3) is 0.636. The van der Waals surface area contributed by atoms with E-state index in [0.717, 1.165) is 18.7 Å². The molecule has 0 amide bonds. The second-order valence-corrected chi connectivity index (χ2v) is 4.23. The molecule has 0 aromatic carbocycles. The van der Waals surface area contributed by atoms with Crippen LogP contribution in [-0.4, -0.2) is 27.4 Å². The molecule has 2 rings (SSSR count). The Bertz CT molecular complexity index is 296. The Morgan fingerprint density at radius 2 is 2.13 bits per heavy atom. The maximum atomic E-state index is 9.49. The zero-order chi connectivity index (χ0) is 10.6. The van der Waals surface area contributed by atoms with Crippen molar-refractivity contribution >= 4 is 5.82 Å². The number of rotatable bonds is 3. The highest BCUT2D eigenvalue weighted by molar-refractivity contribution is 5.36. The number of hydrogen-bond acceptors (Lipinski definition) is 4. The van der Waals surface area contributed by atoms with E-state index in [4.69, 9.17) is 0 Å². The van der Waals surface area contributed by atoms with E-state index in [2.05, 4.69) is 15.5 Å². The second kappa shape index (κ2) is 4.57. The Morgan fingerprint density at radius 1 is 1.33 bits per heavy atom. The van der Waals surface area contributed by atoms with Gasteiger partial charge in [0.15, 0.2) is 0 Å². The Morgan fingerprint density at radius 3 is 2.73 bits per heavy atom. The minimum Gasteiger partial charge on any atom is -0.394 e. The molecule has 1 saturated carbocycles. The largest absolute Gasteiger partial charge is 0.394 e. The molecule has 82 valence electrons. The molecule has 0 unspecified atom stereocenters. The van der Waals surface area contributed by atoms with Gasteiger partial charge in [0.05, 0.1) is 12.1 Å². The van der Waals surface area contributed by atoms with Crippen molar-refractivity contribution in [3.05, 3.63) is 18.3 Å². The maximum Gasteiger partial charge on any atom is 0.149 e. The van der Waals surface area contributed by atoms with Gasteiger partial charge in [-0.25, -0.2) is 0 Å². The summed E-state index contributed by atoms with van der Waals surface area (Å²) in [5.74, 6) is 0.758. The molecule has 0 radical (unpaired) electrons. The molecule has 2 N–H and O–H groups in total. The third-order valence-corrected chi connectivity index (χ3v) is 3.08. The molecule has 1 aromatic heterocycles. The molecule has 1 aliphatic rings. The Hall–Kier alpha value is -1.16. The quantitative estimate of drug-likeness (QED) is 0.790. The zero-order valence-corrected chi connectivity index (χ0v) is 8.82. The van der Waals surface area contributed by atoms with Crippen LogP contribution in [0.5, 0.6) is 0 Å². The average Bonchev–Trinajstić information content (AvgIpc) is 2.32. The van der Waals surface area contributed by atoms with Gasteiger partial charge in [0.25, 0.3) is 0 Å². The monoisotopic (exact) mass is 207 g/mol. The highest BCUT2D eigenvalue weighted by atomic mass is 16.3. The van der Waals surface area contributed by atoms with Crippen molar-refractivity contribution < 1.29 is 5.11 Å². The topological polar surface area (TPSA) is 58.0 Å². The molecular weight excluding hydrogens is 190 g/mol. The summed E-state index contributed by atoms with van der Waals surface area (Å²) in [5.41, 5.74) is -0.172. The molecule has 4 nitrogen and oxygen atoms in total. The normalized spacial score (nSPS) is 19.8. The van der Waals surface area contributed by atoms with Gasteiger partial charge in [-0.2, -0.15) is 5.10 Å². The first kappa shape index (κ1) is 10.4. The van der Waals surface area contributed by atoms with Crippen LogP contribution in [0, 0.1) is 0 Å². The van der Waals surface area contributed by atoms with E-state index in [-0.39, 0.29) is 12.1 Å². The summed E-state index contributed by atoms with van der Waals surface area (Å²) in [6.07, 6.45) is 7.30. The number of nitrogens with one attached hydrogen (secondary N) is 1. The van der Waals surface area contributed by atoms with Crippen LogP contribution in [0.15, 0.2) is 18.3 Å². The van der Waals surface area contributed by atoms with Crippen LogP contribution in [0.4, 0.5) is 5.82 Å². The van der Waals surface area contributed by atoms with E-state index in [9.17, 15) is 5.11 Å². The van der Waals surface area contributed by atoms with E-state index in [1.165, 1.54) is 19.3 Å². The van der Waals surface area contributed by atoms with Crippen molar-refractivity contribution in [1.29, 1.82) is 0 Å². The van der Waals surface area contributed by atoms with E-state index >= 15 is 0 Å². The average molecular weight is 207 g/mol. The summed E-state index contributed by atoms with van der Waals surface area (Å²) >= 11 is 0. The second-order valence-electron chi connectivity index (χ2n) is 4.23. The summed E-state index contributed by atoms with van der Waals surface area (Å²) in [7, 11) is 0. The molecule has 1 aliphatic carbocycles. The van der Waals surface area contributed by atoms with Crippen LogP contribution >= 0.6 is 0 Å². The first-order chi connectivity index (χ1) is 7.35. The summed E-state index contributed by atoms with van der Waals surface area (Å²) in [5, 5.41) is 20.6. The van der Waals surface area contributed by atoms with Crippen molar-refractivity contribution in [3.63, 3.8) is 0 Å². The smallest absolute Gasteiger partial charge is 0.149 e. The number of aliphatic hydroxyl groups is 1. The SMILES string of the molecule is OCC1(Nc2cccnn2)CCCCC1. The number of anilines is 1. The van der Waals surface area contributed by atoms with Gasteiger partial charge in [-0.3, -0.25) is 0 Å². The molecule has 15 heavy (non-hydrogen) atoms. The molecular formula is C11H17N3O. The van der Waals surface area contributed by atoms with Gasteiger partial charge in [0, 0.05) is 6.20 Å². The van der Waals surface area contributed by atoms with E-state index in [1.54, 1.807) is 6.20 Å². The highest BCUT2D eigenvalue weighted by Gasteiger charge is 2.31. The van der Waals surface area contributed by atoms with Crippen LogP contribution < -0.4 is 5.32 Å². The van der Waals surface area contributed by atoms with E-state index in [1.807, 2.05) is 12.1 Å². The minimum atomic E-state index is -0.172. The van der Waals surface area contributed by atoms with E-state index in [0.29, 0.717) is 0 Å². The predicted molar refractivity (Wildman–Crippen MR) is 58.6 cm³/mol. The lowest BCUT2D eigenvalue weighted by molar-refractivity contribution is 0.172. The van der Waals surface area contributed by atoms with Gasteiger partial charge in [-0.15, -0.1) is 5.10 Å². The van der Waals surface area contributed by atoms with Gasteiger partial charge in [-0.05, 0) is 25.0 Å². The van der Waals surface area contributed by atoms with Crippen molar-refractivity contribution in [2.45, 2.75) is 37.6 Å². The molecule has 1 aromatic rings. The van der Waals surface area contributed by atoms with Gasteiger partial charge in [-0.1, -0.05) is 19.3 Å². The number of hydrogen-bond donors (Lipinski definition) is 2. The van der Waals surface area contributed by atoms with Crippen LogP contribution in [0.3, 0.4) is 0 Å². The van der Waals surface area contributed by atoms with Crippen LogP contribution in [0.2, 0.25) is 0 Å². The third kappa shape index (κ3) is 2.45. The first-order valence-corrected chi connectivity index (χ1v) is 5.51. The van der Waals surface area contributed by atoms with Crippen LogP contribution in [-0.2, 0) is 0 Å². The summed E-state index contributed by atoms with van der Waals surface area (Å²) in [6.45, 7) is 0.170. The number of nitrogens with zero attached hydrogens (tertiary/aromatic N) is 2. The summed E-state index contributed by atoms with van der Waals surface area (Å²) in [4.78, 5) is 0. The van der Waals surface area contributed by atoms with Crippen LogP contribution in [0.25, 0.3) is 0 Å². The minimum absolute atomic E-state index is 0.170. The Kier molecular flexibility index (Phi) is 3.16. The van der Waals surface area contributed by atoms with Crippen molar-refractivity contribution in [2.24, 2.45) is 0 Å². The number of aliphatic hydroxyl groups excluding tert-OH is 1.